The first kappa shape index (κ1) is 25.0. The molecule has 36 heavy (non-hydrogen) atoms. The summed E-state index contributed by atoms with van der Waals surface area (Å²) in [4.78, 5) is 41.0. The van der Waals surface area contributed by atoms with Crippen LogP contribution in [0, 0.1) is 13.8 Å². The molecule has 2 atom stereocenters. The highest BCUT2D eigenvalue weighted by atomic mass is 16.6. The molecule has 3 aromatic carbocycles. The molecule has 7 nitrogen and oxygen atoms in total. The third-order valence-corrected chi connectivity index (χ3v) is 6.41. The number of para-hydroxylation sites is 1. The van der Waals surface area contributed by atoms with Crippen LogP contribution in [-0.4, -0.2) is 35.4 Å². The van der Waals surface area contributed by atoms with E-state index in [1.54, 1.807) is 12.1 Å². The second kappa shape index (κ2) is 11.5. The summed E-state index contributed by atoms with van der Waals surface area (Å²) in [6.07, 6.45) is 0.655. The van der Waals surface area contributed by atoms with Gasteiger partial charge in [0.05, 0.1) is 0 Å². The Morgan fingerprint density at radius 1 is 0.917 bits per heavy atom. The van der Waals surface area contributed by atoms with Gasteiger partial charge in [0.25, 0.3) is 5.91 Å². The Balaban J connectivity index is 1.48. The van der Waals surface area contributed by atoms with Crippen LogP contribution in [0.15, 0.2) is 78.9 Å². The Kier molecular flexibility index (Phi) is 8.00. The summed E-state index contributed by atoms with van der Waals surface area (Å²) in [5.74, 6) is -0.724. The molecule has 7 heteroatoms. The Morgan fingerprint density at radius 2 is 1.56 bits per heavy atom. The number of hydrogen-bond acceptors (Lipinski definition) is 4. The van der Waals surface area contributed by atoms with Crippen molar-refractivity contribution >= 4 is 23.6 Å². The van der Waals surface area contributed by atoms with Crippen LogP contribution >= 0.6 is 0 Å². The molecule has 0 spiro atoms. The molecule has 2 N–H and O–H groups in total. The molecule has 3 amide bonds. The number of carbonyl (C=O) groups is 3. The number of nitrogens with one attached hydrogen (secondary N) is 2. The molecular weight excluding hydrogens is 454 g/mol. The Bertz CT molecular complexity index is 1190. The zero-order chi connectivity index (χ0) is 25.5. The number of likely N-dealkylation sites (tertiary alicyclic amines) is 1. The fourth-order valence-corrected chi connectivity index (χ4v) is 4.45. The first-order valence-electron chi connectivity index (χ1n) is 12.1. The van der Waals surface area contributed by atoms with Crippen LogP contribution in [0.3, 0.4) is 0 Å². The summed E-state index contributed by atoms with van der Waals surface area (Å²) >= 11 is 0. The minimum absolute atomic E-state index is 0.134. The molecular formula is C29H31N3O4. The number of anilines is 1. The van der Waals surface area contributed by atoms with Gasteiger partial charge >= 0.3 is 6.09 Å². The maximum atomic E-state index is 13.4. The second-order valence-corrected chi connectivity index (χ2v) is 9.00. The maximum Gasteiger partial charge on any atom is 0.410 e. The van der Waals surface area contributed by atoms with E-state index in [-0.39, 0.29) is 18.4 Å². The van der Waals surface area contributed by atoms with Crippen molar-refractivity contribution in [1.82, 2.24) is 10.2 Å². The molecule has 3 aromatic rings. The standard InChI is InChI=1S/C29H31N3O4/c1-20-11-9-12-21(2)25(20)30-28(34)26(23-15-7-4-8-16-23)31-27(33)24-17-10-18-32(24)29(35)36-19-22-13-5-3-6-14-22/h3-9,11-16,24,26H,10,17-19H2,1-2H3,(H,30,34)(H,31,33)/t24-,26+/m1/s1. The molecule has 186 valence electrons. The Morgan fingerprint density at radius 3 is 2.22 bits per heavy atom. The van der Waals surface area contributed by atoms with Crippen LogP contribution in [0.5, 0.6) is 0 Å². The number of nitrogens with zero attached hydrogens (tertiary/aromatic N) is 1. The van der Waals surface area contributed by atoms with Crippen molar-refractivity contribution in [3.8, 4) is 0 Å². The van der Waals surface area contributed by atoms with E-state index in [1.165, 1.54) is 4.90 Å². The lowest BCUT2D eigenvalue weighted by atomic mass is 10.0. The molecule has 0 unspecified atom stereocenters. The quantitative estimate of drug-likeness (QED) is 0.498. The number of benzene rings is 3. The molecule has 0 radical (unpaired) electrons. The van der Waals surface area contributed by atoms with Gasteiger partial charge in [-0.25, -0.2) is 4.79 Å². The normalized spacial score (nSPS) is 15.7. The van der Waals surface area contributed by atoms with E-state index >= 15 is 0 Å². The molecule has 0 aromatic heterocycles. The van der Waals surface area contributed by atoms with Crippen molar-refractivity contribution in [2.24, 2.45) is 0 Å². The fourth-order valence-electron chi connectivity index (χ4n) is 4.45. The van der Waals surface area contributed by atoms with Gasteiger partial charge in [-0.15, -0.1) is 0 Å². The highest BCUT2D eigenvalue weighted by Crippen LogP contribution is 2.24. The maximum absolute atomic E-state index is 13.4. The summed E-state index contributed by atoms with van der Waals surface area (Å²) < 4.78 is 5.46. The largest absolute Gasteiger partial charge is 0.445 e. The summed E-state index contributed by atoms with van der Waals surface area (Å²) in [7, 11) is 0. The molecule has 1 aliphatic heterocycles. The number of ether oxygens (including phenoxy) is 1. The zero-order valence-electron chi connectivity index (χ0n) is 20.6. The predicted octanol–water partition coefficient (Wildman–Crippen LogP) is 4.90. The lowest BCUT2D eigenvalue weighted by molar-refractivity contribution is -0.129. The molecule has 0 bridgehead atoms. The van der Waals surface area contributed by atoms with Gasteiger partial charge in [0.2, 0.25) is 5.91 Å². The second-order valence-electron chi connectivity index (χ2n) is 9.00. The molecule has 1 fully saturated rings. The van der Waals surface area contributed by atoms with E-state index in [0.29, 0.717) is 24.9 Å². The highest BCUT2D eigenvalue weighted by molar-refractivity contribution is 5.99. The minimum atomic E-state index is -0.916. The average Bonchev–Trinajstić information content (AvgIpc) is 3.39. The van der Waals surface area contributed by atoms with E-state index in [4.69, 9.17) is 4.74 Å². The predicted molar refractivity (Wildman–Crippen MR) is 138 cm³/mol. The topological polar surface area (TPSA) is 87.7 Å². The van der Waals surface area contributed by atoms with Crippen LogP contribution in [0.25, 0.3) is 0 Å². The van der Waals surface area contributed by atoms with Crippen LogP contribution in [-0.2, 0) is 20.9 Å². The van der Waals surface area contributed by atoms with Crippen molar-refractivity contribution in [1.29, 1.82) is 0 Å². The van der Waals surface area contributed by atoms with Gasteiger partial charge in [0, 0.05) is 12.2 Å². The summed E-state index contributed by atoms with van der Waals surface area (Å²) in [5.41, 5.74) is 4.13. The Labute approximate surface area is 211 Å². The summed E-state index contributed by atoms with van der Waals surface area (Å²) in [6, 6.07) is 22.7. The van der Waals surface area contributed by atoms with E-state index < -0.39 is 18.2 Å². The molecule has 4 rings (SSSR count). The monoisotopic (exact) mass is 485 g/mol. The van der Waals surface area contributed by atoms with Gasteiger partial charge in [-0.05, 0) is 48.9 Å². The number of hydrogen-bond donors (Lipinski definition) is 2. The molecule has 1 heterocycles. The first-order chi connectivity index (χ1) is 17.4. The van der Waals surface area contributed by atoms with E-state index in [0.717, 1.165) is 22.4 Å². The third kappa shape index (κ3) is 5.92. The van der Waals surface area contributed by atoms with Crippen molar-refractivity contribution < 1.29 is 19.1 Å². The van der Waals surface area contributed by atoms with Crippen molar-refractivity contribution in [2.45, 2.75) is 45.4 Å². The van der Waals surface area contributed by atoms with Crippen molar-refractivity contribution in [3.05, 3.63) is 101 Å². The SMILES string of the molecule is Cc1cccc(C)c1NC(=O)[C@@H](NC(=O)[C@H]1CCCN1C(=O)OCc1ccccc1)c1ccccc1. The van der Waals surface area contributed by atoms with Gasteiger partial charge < -0.3 is 15.4 Å². The van der Waals surface area contributed by atoms with Crippen LogP contribution in [0.4, 0.5) is 10.5 Å². The van der Waals surface area contributed by atoms with E-state index in [1.807, 2.05) is 80.6 Å². The van der Waals surface area contributed by atoms with Gasteiger partial charge in [-0.3, -0.25) is 14.5 Å². The average molecular weight is 486 g/mol. The minimum Gasteiger partial charge on any atom is -0.445 e. The Hall–Kier alpha value is -4.13. The lowest BCUT2D eigenvalue weighted by Crippen LogP contribution is -2.48. The smallest absolute Gasteiger partial charge is 0.410 e. The van der Waals surface area contributed by atoms with Crippen molar-refractivity contribution in [2.75, 3.05) is 11.9 Å². The third-order valence-electron chi connectivity index (χ3n) is 6.41. The van der Waals surface area contributed by atoms with Gasteiger partial charge in [0.15, 0.2) is 0 Å². The zero-order valence-corrected chi connectivity index (χ0v) is 20.6. The van der Waals surface area contributed by atoms with Crippen molar-refractivity contribution in [3.63, 3.8) is 0 Å². The summed E-state index contributed by atoms with van der Waals surface area (Å²) in [6.45, 7) is 4.41. The molecule has 1 aliphatic rings. The van der Waals surface area contributed by atoms with Crippen LogP contribution < -0.4 is 10.6 Å². The lowest BCUT2D eigenvalue weighted by Gasteiger charge is -2.26. The molecule has 1 saturated heterocycles. The fraction of sp³-hybridized carbons (Fsp3) is 0.276. The van der Waals surface area contributed by atoms with Gasteiger partial charge in [-0.1, -0.05) is 78.9 Å². The van der Waals surface area contributed by atoms with E-state index in [9.17, 15) is 14.4 Å². The van der Waals surface area contributed by atoms with E-state index in [2.05, 4.69) is 10.6 Å². The number of rotatable bonds is 7. The van der Waals surface area contributed by atoms with Gasteiger partial charge in [-0.2, -0.15) is 0 Å². The number of aryl methyl sites for hydroxylation is 2. The summed E-state index contributed by atoms with van der Waals surface area (Å²) in [5, 5.41) is 5.88. The van der Waals surface area contributed by atoms with Crippen LogP contribution in [0.2, 0.25) is 0 Å². The first-order valence-corrected chi connectivity index (χ1v) is 12.1. The van der Waals surface area contributed by atoms with Gasteiger partial charge in [0.1, 0.15) is 18.7 Å². The molecule has 0 saturated carbocycles. The highest BCUT2D eigenvalue weighted by Gasteiger charge is 2.37. The van der Waals surface area contributed by atoms with Crippen LogP contribution in [0.1, 0.15) is 41.1 Å². The number of carbonyl (C=O) groups excluding carboxylic acids is 3. The molecule has 0 aliphatic carbocycles. The number of amides is 3.